The van der Waals surface area contributed by atoms with Gasteiger partial charge in [0.2, 0.25) is 0 Å². The van der Waals surface area contributed by atoms with Crippen molar-refractivity contribution in [3.8, 4) is 0 Å². The highest BCUT2D eigenvalue weighted by atomic mass is 32.2. The molecule has 1 amide bonds. The summed E-state index contributed by atoms with van der Waals surface area (Å²) in [4.78, 5) is 22.5. The number of aryl methyl sites for hydroxylation is 1. The van der Waals surface area contributed by atoms with Gasteiger partial charge in [0, 0.05) is 25.2 Å². The molecule has 1 saturated heterocycles. The van der Waals surface area contributed by atoms with E-state index < -0.39 is 9.84 Å². The Morgan fingerprint density at radius 1 is 1.52 bits per heavy atom. The minimum absolute atomic E-state index is 0.108. The van der Waals surface area contributed by atoms with Crippen molar-refractivity contribution in [3.05, 3.63) is 30.2 Å². The molecule has 1 N–H and O–H groups in total. The average molecular weight is 338 g/mol. The number of hydrogen-bond acceptors (Lipinski definition) is 6. The van der Waals surface area contributed by atoms with Crippen LogP contribution in [0.5, 0.6) is 0 Å². The Bertz CT molecular complexity index is 703. The van der Waals surface area contributed by atoms with E-state index in [4.69, 9.17) is 0 Å². The largest absolute Gasteiger partial charge is 0.353 e. The van der Waals surface area contributed by atoms with Crippen LogP contribution in [0.25, 0.3) is 0 Å². The molecule has 23 heavy (non-hydrogen) atoms. The summed E-state index contributed by atoms with van der Waals surface area (Å²) >= 11 is 0. The summed E-state index contributed by atoms with van der Waals surface area (Å²) in [5.74, 6) is 1.09. The van der Waals surface area contributed by atoms with Gasteiger partial charge in [0.25, 0.3) is 5.91 Å². The van der Waals surface area contributed by atoms with Gasteiger partial charge in [-0.2, -0.15) is 0 Å². The third kappa shape index (κ3) is 4.28. The molecule has 1 aliphatic rings. The summed E-state index contributed by atoms with van der Waals surface area (Å²) in [5, 5.41) is 2.68. The molecule has 1 unspecified atom stereocenters. The number of aromatic nitrogens is 2. The second-order valence-corrected chi connectivity index (χ2v) is 7.73. The number of sulfone groups is 1. The third-order valence-corrected chi connectivity index (χ3v) is 5.50. The first-order chi connectivity index (χ1) is 10.9. The molecule has 1 atom stereocenters. The van der Waals surface area contributed by atoms with Gasteiger partial charge in [0.05, 0.1) is 11.5 Å². The smallest absolute Gasteiger partial charge is 0.270 e. The first-order valence-electron chi connectivity index (χ1n) is 7.58. The number of anilines is 1. The number of carbonyl (C=O) groups is 1. The van der Waals surface area contributed by atoms with Crippen LogP contribution < -0.4 is 10.2 Å². The SMILES string of the molecule is C=CCNC(=O)c1cc(N(CC)C2CCS(=O)(=O)C2)nc(C)n1. The first kappa shape index (κ1) is 17.4. The van der Waals surface area contributed by atoms with Gasteiger partial charge in [-0.05, 0) is 20.3 Å². The van der Waals surface area contributed by atoms with Gasteiger partial charge >= 0.3 is 0 Å². The van der Waals surface area contributed by atoms with Crippen LogP contribution in [0.3, 0.4) is 0 Å². The standard InChI is InChI=1S/C15H22N4O3S/c1-4-7-16-15(20)13-9-14(18-11(3)17-13)19(5-2)12-6-8-23(21,22)10-12/h4,9,12H,1,5-8,10H2,2-3H3,(H,16,20). The second kappa shape index (κ2) is 7.08. The lowest BCUT2D eigenvalue weighted by Crippen LogP contribution is -2.37. The topological polar surface area (TPSA) is 92.3 Å². The van der Waals surface area contributed by atoms with Gasteiger partial charge in [-0.1, -0.05) is 6.08 Å². The van der Waals surface area contributed by atoms with E-state index in [-0.39, 0.29) is 29.1 Å². The fraction of sp³-hybridized carbons (Fsp3) is 0.533. The molecule has 8 heteroatoms. The molecular formula is C15H22N4O3S. The first-order valence-corrected chi connectivity index (χ1v) is 9.40. The molecule has 0 aliphatic carbocycles. The number of nitrogens with one attached hydrogen (secondary N) is 1. The van der Waals surface area contributed by atoms with E-state index >= 15 is 0 Å². The van der Waals surface area contributed by atoms with Gasteiger partial charge < -0.3 is 10.2 Å². The van der Waals surface area contributed by atoms with E-state index in [1.54, 1.807) is 19.1 Å². The van der Waals surface area contributed by atoms with E-state index in [2.05, 4.69) is 21.9 Å². The van der Waals surface area contributed by atoms with Gasteiger partial charge in [-0.15, -0.1) is 6.58 Å². The normalized spacial score (nSPS) is 19.3. The molecule has 1 aliphatic heterocycles. The van der Waals surface area contributed by atoms with E-state index in [0.717, 1.165) is 0 Å². The zero-order valence-corrected chi connectivity index (χ0v) is 14.3. The van der Waals surface area contributed by atoms with Crippen LogP contribution in [0, 0.1) is 6.92 Å². The molecule has 2 rings (SSSR count). The Balaban J connectivity index is 2.28. The zero-order valence-electron chi connectivity index (χ0n) is 13.4. The van der Waals surface area contributed by atoms with Crippen LogP contribution in [-0.2, 0) is 9.84 Å². The lowest BCUT2D eigenvalue weighted by molar-refractivity contribution is 0.0952. The average Bonchev–Trinajstić information content (AvgIpc) is 2.85. The number of rotatable bonds is 6. The molecule has 2 heterocycles. The molecule has 7 nitrogen and oxygen atoms in total. The highest BCUT2D eigenvalue weighted by Gasteiger charge is 2.32. The Kier molecular flexibility index (Phi) is 5.35. The molecule has 0 bridgehead atoms. The van der Waals surface area contributed by atoms with Crippen molar-refractivity contribution in [1.82, 2.24) is 15.3 Å². The maximum Gasteiger partial charge on any atom is 0.270 e. The zero-order chi connectivity index (χ0) is 17.0. The predicted molar refractivity (Wildman–Crippen MR) is 89.4 cm³/mol. The monoisotopic (exact) mass is 338 g/mol. The molecule has 1 fully saturated rings. The quantitative estimate of drug-likeness (QED) is 0.768. The Hall–Kier alpha value is -1.96. The third-order valence-electron chi connectivity index (χ3n) is 3.75. The molecule has 0 radical (unpaired) electrons. The molecule has 1 aromatic rings. The lowest BCUT2D eigenvalue weighted by atomic mass is 10.2. The summed E-state index contributed by atoms with van der Waals surface area (Å²) in [5.41, 5.74) is 0.272. The lowest BCUT2D eigenvalue weighted by Gasteiger charge is -2.28. The molecule has 0 saturated carbocycles. The van der Waals surface area contributed by atoms with E-state index in [0.29, 0.717) is 31.2 Å². The number of hydrogen-bond donors (Lipinski definition) is 1. The fourth-order valence-corrected chi connectivity index (χ4v) is 4.43. The Labute approximate surface area is 136 Å². The summed E-state index contributed by atoms with van der Waals surface area (Å²) in [6.07, 6.45) is 2.17. The van der Waals surface area contributed by atoms with Crippen molar-refractivity contribution in [2.75, 3.05) is 29.5 Å². The van der Waals surface area contributed by atoms with E-state index in [1.807, 2.05) is 11.8 Å². The number of amides is 1. The van der Waals surface area contributed by atoms with Crippen molar-refractivity contribution in [2.24, 2.45) is 0 Å². The van der Waals surface area contributed by atoms with Crippen molar-refractivity contribution in [1.29, 1.82) is 0 Å². The summed E-state index contributed by atoms with van der Waals surface area (Å²) in [6.45, 7) is 8.19. The maximum absolute atomic E-state index is 12.1. The number of nitrogens with zero attached hydrogens (tertiary/aromatic N) is 3. The summed E-state index contributed by atoms with van der Waals surface area (Å²) in [6, 6.07) is 1.50. The minimum Gasteiger partial charge on any atom is -0.353 e. The predicted octanol–water partition coefficient (Wildman–Crippen LogP) is 0.714. The molecule has 1 aromatic heterocycles. The van der Waals surface area contributed by atoms with E-state index in [9.17, 15) is 13.2 Å². The molecule has 0 aromatic carbocycles. The van der Waals surface area contributed by atoms with Gasteiger partial charge in [0.1, 0.15) is 17.3 Å². The summed E-state index contributed by atoms with van der Waals surface area (Å²) in [7, 11) is -2.98. The van der Waals surface area contributed by atoms with E-state index in [1.165, 1.54) is 0 Å². The molecule has 126 valence electrons. The van der Waals surface area contributed by atoms with Crippen LogP contribution >= 0.6 is 0 Å². The Morgan fingerprint density at radius 2 is 2.26 bits per heavy atom. The van der Waals surface area contributed by atoms with Crippen LogP contribution in [0.4, 0.5) is 5.82 Å². The summed E-state index contributed by atoms with van der Waals surface area (Å²) < 4.78 is 23.4. The number of carbonyl (C=O) groups excluding carboxylic acids is 1. The second-order valence-electron chi connectivity index (χ2n) is 5.50. The van der Waals surface area contributed by atoms with Gasteiger partial charge in [-0.3, -0.25) is 4.79 Å². The van der Waals surface area contributed by atoms with Gasteiger partial charge in [0.15, 0.2) is 9.84 Å². The van der Waals surface area contributed by atoms with Crippen molar-refractivity contribution in [3.63, 3.8) is 0 Å². The fourth-order valence-electron chi connectivity index (χ4n) is 2.70. The van der Waals surface area contributed by atoms with Crippen LogP contribution in [0.1, 0.15) is 29.7 Å². The van der Waals surface area contributed by atoms with Crippen LogP contribution in [0.15, 0.2) is 18.7 Å². The van der Waals surface area contributed by atoms with Crippen molar-refractivity contribution < 1.29 is 13.2 Å². The van der Waals surface area contributed by atoms with Gasteiger partial charge in [-0.25, -0.2) is 18.4 Å². The van der Waals surface area contributed by atoms with Crippen molar-refractivity contribution in [2.45, 2.75) is 26.3 Å². The van der Waals surface area contributed by atoms with Crippen LogP contribution in [-0.4, -0.2) is 54.9 Å². The molecular weight excluding hydrogens is 316 g/mol. The van der Waals surface area contributed by atoms with Crippen molar-refractivity contribution >= 4 is 21.6 Å². The Morgan fingerprint density at radius 3 is 2.83 bits per heavy atom. The highest BCUT2D eigenvalue weighted by molar-refractivity contribution is 7.91. The maximum atomic E-state index is 12.1. The minimum atomic E-state index is -2.98. The molecule has 0 spiro atoms. The van der Waals surface area contributed by atoms with Crippen LogP contribution in [0.2, 0.25) is 0 Å². The highest BCUT2D eigenvalue weighted by Crippen LogP contribution is 2.23.